The van der Waals surface area contributed by atoms with E-state index in [-0.39, 0.29) is 28.5 Å². The number of hydrogen-bond acceptors (Lipinski definition) is 7. The van der Waals surface area contributed by atoms with Crippen LogP contribution in [-0.4, -0.2) is 20.5 Å². The van der Waals surface area contributed by atoms with E-state index in [2.05, 4.69) is 5.10 Å². The lowest BCUT2D eigenvalue weighted by Gasteiger charge is -2.36. The monoisotopic (exact) mass is 343 g/mol. The number of aryl methyl sites for hydroxylation is 1. The van der Waals surface area contributed by atoms with Gasteiger partial charge >= 0.3 is 5.82 Å². The molecule has 0 amide bonds. The van der Waals surface area contributed by atoms with Gasteiger partial charge < -0.3 is 20.6 Å². The van der Waals surface area contributed by atoms with Crippen molar-refractivity contribution in [2.45, 2.75) is 32.6 Å². The molecule has 1 unspecified atom stereocenters. The molecule has 1 aromatic heterocycles. The Hall–Kier alpha value is -3.15. The summed E-state index contributed by atoms with van der Waals surface area (Å²) in [4.78, 5) is 23.2. The molecule has 0 saturated carbocycles. The highest BCUT2D eigenvalue weighted by Crippen LogP contribution is 2.48. The fraction of sp³-hybridized carbons (Fsp3) is 0.438. The Kier molecular flexibility index (Phi) is 3.64. The minimum atomic E-state index is -0.816. The average Bonchev–Trinajstić information content (AvgIpc) is 2.86. The number of allylic oxidation sites excluding steroid dienone is 3. The summed E-state index contributed by atoms with van der Waals surface area (Å²) in [5.41, 5.74) is 6.37. The van der Waals surface area contributed by atoms with E-state index < -0.39 is 10.8 Å². The number of nitrogens with two attached hydrogens (primary N) is 1. The van der Waals surface area contributed by atoms with Crippen molar-refractivity contribution in [2.75, 3.05) is 0 Å². The molecule has 25 heavy (non-hydrogen) atoms. The van der Waals surface area contributed by atoms with Gasteiger partial charge in [-0.2, -0.15) is 9.94 Å². The summed E-state index contributed by atoms with van der Waals surface area (Å²) in [7, 11) is 1.53. The van der Waals surface area contributed by atoms with Crippen molar-refractivity contribution in [3.8, 4) is 6.07 Å². The zero-order valence-corrected chi connectivity index (χ0v) is 14.1. The van der Waals surface area contributed by atoms with Crippen molar-refractivity contribution in [3.05, 3.63) is 44.7 Å². The fourth-order valence-electron chi connectivity index (χ4n) is 3.41. The molecule has 9 heteroatoms. The lowest BCUT2D eigenvalue weighted by Crippen LogP contribution is -2.34. The Labute approximate surface area is 143 Å². The summed E-state index contributed by atoms with van der Waals surface area (Å²) in [5, 5.41) is 24.4. The molecule has 2 aliphatic rings. The van der Waals surface area contributed by atoms with Crippen LogP contribution < -0.4 is 5.73 Å². The first-order valence-corrected chi connectivity index (χ1v) is 7.67. The Morgan fingerprint density at radius 1 is 1.52 bits per heavy atom. The molecule has 0 bridgehead atoms. The van der Waals surface area contributed by atoms with Crippen LogP contribution in [0.4, 0.5) is 5.82 Å². The first-order chi connectivity index (χ1) is 11.6. The van der Waals surface area contributed by atoms with Crippen LogP contribution in [0, 0.1) is 26.9 Å². The zero-order valence-electron chi connectivity index (χ0n) is 14.1. The molecule has 2 N–H and O–H groups in total. The quantitative estimate of drug-likeness (QED) is 0.638. The van der Waals surface area contributed by atoms with Gasteiger partial charge in [-0.05, 0) is 10.3 Å². The number of rotatable bonds is 2. The fourth-order valence-corrected chi connectivity index (χ4v) is 3.41. The Morgan fingerprint density at radius 2 is 2.20 bits per heavy atom. The maximum Gasteiger partial charge on any atom is 0.390 e. The predicted molar refractivity (Wildman–Crippen MR) is 85.6 cm³/mol. The highest BCUT2D eigenvalue weighted by Gasteiger charge is 2.44. The number of nitriles is 1. The van der Waals surface area contributed by atoms with Gasteiger partial charge in [-0.3, -0.25) is 4.79 Å². The molecule has 0 spiro atoms. The molecular formula is C16H17N5O4. The number of nitrogens with zero attached hydrogens (tertiary/aromatic N) is 4. The molecule has 1 aromatic rings. The highest BCUT2D eigenvalue weighted by atomic mass is 16.6. The molecule has 1 atom stereocenters. The van der Waals surface area contributed by atoms with Crippen molar-refractivity contribution in [3.63, 3.8) is 0 Å². The summed E-state index contributed by atoms with van der Waals surface area (Å²) in [6, 6.07) is 3.24. The van der Waals surface area contributed by atoms with E-state index in [1.54, 1.807) is 0 Å². The molecule has 1 aliphatic heterocycles. The van der Waals surface area contributed by atoms with Crippen LogP contribution in [0.3, 0.4) is 0 Å². The van der Waals surface area contributed by atoms with Crippen LogP contribution in [0.5, 0.6) is 0 Å². The van der Waals surface area contributed by atoms with E-state index in [1.165, 1.54) is 17.8 Å². The van der Waals surface area contributed by atoms with Gasteiger partial charge in [-0.1, -0.05) is 13.8 Å². The normalized spacial score (nSPS) is 22.3. The smallest absolute Gasteiger partial charge is 0.390 e. The van der Waals surface area contributed by atoms with Crippen molar-refractivity contribution in [1.82, 2.24) is 9.78 Å². The SMILES string of the molecule is Cn1nc([N+](=O)[O-])cc1C1C(C#N)=C(N)OC2=C1C(=O)CC(C)(C)C2. The molecule has 1 aliphatic carbocycles. The lowest BCUT2D eigenvalue weighted by atomic mass is 9.71. The van der Waals surface area contributed by atoms with Crippen LogP contribution in [-0.2, 0) is 16.6 Å². The van der Waals surface area contributed by atoms with Gasteiger partial charge in [0.1, 0.15) is 17.4 Å². The van der Waals surface area contributed by atoms with Gasteiger partial charge in [0.2, 0.25) is 5.88 Å². The van der Waals surface area contributed by atoms with Crippen molar-refractivity contribution in [1.29, 1.82) is 5.26 Å². The van der Waals surface area contributed by atoms with Crippen molar-refractivity contribution in [2.24, 2.45) is 18.2 Å². The summed E-state index contributed by atoms with van der Waals surface area (Å²) in [6.07, 6.45) is 0.786. The van der Waals surface area contributed by atoms with Gasteiger partial charge in [0.05, 0.1) is 29.8 Å². The molecule has 0 aromatic carbocycles. The lowest BCUT2D eigenvalue weighted by molar-refractivity contribution is -0.389. The van der Waals surface area contributed by atoms with Gasteiger partial charge in [0, 0.05) is 18.4 Å². The summed E-state index contributed by atoms with van der Waals surface area (Å²) >= 11 is 0. The Morgan fingerprint density at radius 3 is 2.76 bits per heavy atom. The highest BCUT2D eigenvalue weighted by molar-refractivity contribution is 5.99. The average molecular weight is 343 g/mol. The number of hydrogen-bond donors (Lipinski definition) is 1. The maximum atomic E-state index is 12.8. The second-order valence-corrected chi connectivity index (χ2v) is 7.01. The van der Waals surface area contributed by atoms with E-state index in [1.807, 2.05) is 19.9 Å². The van der Waals surface area contributed by atoms with Crippen LogP contribution in [0.2, 0.25) is 0 Å². The number of Topliss-reactive ketones (excluding diaryl/α,β-unsaturated/α-hetero) is 1. The standard InChI is InChI=1S/C16H17N5O4/c1-16(2)5-10(22)14-11(6-16)25-15(18)8(7-17)13(14)9-4-12(21(23)24)19-20(9)3/h4,13H,5-6,18H2,1-3H3. The number of aromatic nitrogens is 2. The predicted octanol–water partition coefficient (Wildman–Crippen LogP) is 1.78. The van der Waals surface area contributed by atoms with Gasteiger partial charge in [0.15, 0.2) is 5.78 Å². The zero-order chi connectivity index (χ0) is 18.5. The van der Waals surface area contributed by atoms with Crippen molar-refractivity contribution < 1.29 is 14.5 Å². The van der Waals surface area contributed by atoms with Gasteiger partial charge in [0.25, 0.3) is 0 Å². The first kappa shape index (κ1) is 16.7. The molecule has 0 saturated heterocycles. The van der Waals surface area contributed by atoms with Crippen LogP contribution in [0.15, 0.2) is 28.9 Å². The van der Waals surface area contributed by atoms with Crippen LogP contribution in [0.1, 0.15) is 38.3 Å². The topological polar surface area (TPSA) is 137 Å². The number of nitro groups is 1. The van der Waals surface area contributed by atoms with E-state index in [0.29, 0.717) is 29.9 Å². The number of carbonyl (C=O) groups excluding carboxylic acids is 1. The molecule has 0 radical (unpaired) electrons. The number of ether oxygens (including phenoxy) is 1. The largest absolute Gasteiger partial charge is 0.444 e. The van der Waals surface area contributed by atoms with E-state index in [9.17, 15) is 20.2 Å². The second-order valence-electron chi connectivity index (χ2n) is 7.01. The van der Waals surface area contributed by atoms with E-state index >= 15 is 0 Å². The summed E-state index contributed by atoms with van der Waals surface area (Å²) < 4.78 is 6.88. The third-order valence-corrected chi connectivity index (χ3v) is 4.46. The van der Waals surface area contributed by atoms with Gasteiger partial charge in [-0.25, -0.2) is 0 Å². The summed E-state index contributed by atoms with van der Waals surface area (Å²) in [5.74, 6) is -0.985. The molecule has 0 fully saturated rings. The second kappa shape index (κ2) is 5.44. The van der Waals surface area contributed by atoms with Crippen molar-refractivity contribution >= 4 is 11.6 Å². The minimum Gasteiger partial charge on any atom is -0.444 e. The van der Waals surface area contributed by atoms with Crippen LogP contribution >= 0.6 is 0 Å². The molecule has 3 rings (SSSR count). The van der Waals surface area contributed by atoms with Crippen LogP contribution in [0.25, 0.3) is 0 Å². The number of ketones is 1. The summed E-state index contributed by atoms with van der Waals surface area (Å²) in [6.45, 7) is 3.89. The molecule has 9 nitrogen and oxygen atoms in total. The van der Waals surface area contributed by atoms with E-state index in [0.717, 1.165) is 0 Å². The molecule has 130 valence electrons. The number of carbonyl (C=O) groups is 1. The minimum absolute atomic E-state index is 0.0599. The maximum absolute atomic E-state index is 12.8. The molecular weight excluding hydrogens is 326 g/mol. The first-order valence-electron chi connectivity index (χ1n) is 7.67. The third kappa shape index (κ3) is 2.65. The van der Waals surface area contributed by atoms with E-state index in [4.69, 9.17) is 10.5 Å². The Bertz CT molecular complexity index is 900. The third-order valence-electron chi connectivity index (χ3n) is 4.46. The Balaban J connectivity index is 2.21. The molecule has 2 heterocycles. The van der Waals surface area contributed by atoms with Gasteiger partial charge in [-0.15, -0.1) is 0 Å².